The normalized spacial score (nSPS) is 21.9. The van der Waals surface area contributed by atoms with Crippen LogP contribution in [0.2, 0.25) is 18.1 Å². The summed E-state index contributed by atoms with van der Waals surface area (Å²) in [5.41, 5.74) is -0.992. The molecule has 1 unspecified atom stereocenters. The molecule has 11 heteroatoms. The number of thiazole rings is 1. The number of hydrogen-bond acceptors (Lipinski definition) is 8. The van der Waals surface area contributed by atoms with Gasteiger partial charge >= 0.3 is 0 Å². The third-order valence-electron chi connectivity index (χ3n) is 5.29. The van der Waals surface area contributed by atoms with E-state index in [1.807, 2.05) is 0 Å². The van der Waals surface area contributed by atoms with Crippen LogP contribution in [0.15, 0.2) is 8.57 Å². The molecule has 1 aliphatic heterocycles. The minimum Gasteiger partial charge on any atom is -0.411 e. The molecule has 1 aromatic heterocycles. The molecule has 0 spiro atoms. The molecule has 0 amide bonds. The smallest absolute Gasteiger partial charge is 0.192 e. The maximum atomic E-state index is 12.8. The number of ether oxygens (including phenoxy) is 2. The molecule has 0 aliphatic carbocycles. The standard InChI is InChI=1S/C17H33N3O5S2Si/c1-15(2,3)28(7,8)25-9-12-13(27(18,22)19-6)26-14(20-12)17(21)10-23-16(4,5)24-11-17/h21H,9-11H2,1-8H3,(H2,18,19,22). The molecule has 1 atom stereocenters. The van der Waals surface area contributed by atoms with E-state index in [9.17, 15) is 9.32 Å². The summed E-state index contributed by atoms with van der Waals surface area (Å²) in [6.07, 6.45) is 0. The molecule has 2 rings (SSSR count). The van der Waals surface area contributed by atoms with Crippen LogP contribution < -0.4 is 5.14 Å². The van der Waals surface area contributed by atoms with Crippen LogP contribution in [-0.2, 0) is 36.0 Å². The molecule has 1 aromatic rings. The highest BCUT2D eigenvalue weighted by Gasteiger charge is 2.43. The Hall–Kier alpha value is -0.403. The highest BCUT2D eigenvalue weighted by Crippen LogP contribution is 2.39. The van der Waals surface area contributed by atoms with Crippen molar-refractivity contribution in [3.63, 3.8) is 0 Å². The van der Waals surface area contributed by atoms with Crippen LogP contribution in [0, 0.1) is 0 Å². The van der Waals surface area contributed by atoms with Crippen molar-refractivity contribution in [1.29, 1.82) is 0 Å². The summed E-state index contributed by atoms with van der Waals surface area (Å²) in [6.45, 7) is 14.4. The zero-order valence-electron chi connectivity index (χ0n) is 18.0. The summed E-state index contributed by atoms with van der Waals surface area (Å²) >= 11 is 1.07. The quantitative estimate of drug-likeness (QED) is 0.665. The van der Waals surface area contributed by atoms with E-state index in [1.54, 1.807) is 13.8 Å². The van der Waals surface area contributed by atoms with Gasteiger partial charge in [-0.1, -0.05) is 20.8 Å². The Morgan fingerprint density at radius 2 is 1.89 bits per heavy atom. The minimum absolute atomic E-state index is 0.0140. The average molecular weight is 452 g/mol. The van der Waals surface area contributed by atoms with Gasteiger partial charge in [0.15, 0.2) is 19.7 Å². The van der Waals surface area contributed by atoms with E-state index in [-0.39, 0.29) is 24.9 Å². The van der Waals surface area contributed by atoms with Crippen molar-refractivity contribution in [3.05, 3.63) is 10.7 Å². The molecule has 0 saturated carbocycles. The molecule has 1 fully saturated rings. The summed E-state index contributed by atoms with van der Waals surface area (Å²) in [5.74, 6) is -0.777. The number of aliphatic hydroxyl groups is 1. The fourth-order valence-corrected chi connectivity index (χ4v) is 5.54. The average Bonchev–Trinajstić information content (AvgIpc) is 3.01. The first-order valence-electron chi connectivity index (χ1n) is 9.10. The molecular formula is C17H33N3O5S2Si. The lowest BCUT2D eigenvalue weighted by Crippen LogP contribution is -2.49. The van der Waals surface area contributed by atoms with Gasteiger partial charge in [0.05, 0.1) is 25.5 Å². The number of rotatable bonds is 5. The van der Waals surface area contributed by atoms with E-state index < -0.39 is 29.6 Å². The predicted molar refractivity (Wildman–Crippen MR) is 113 cm³/mol. The number of aromatic nitrogens is 1. The second kappa shape index (κ2) is 7.69. The monoisotopic (exact) mass is 451 g/mol. The van der Waals surface area contributed by atoms with Crippen molar-refractivity contribution in [3.8, 4) is 0 Å². The molecule has 0 aromatic carbocycles. The zero-order chi connectivity index (χ0) is 21.6. The lowest BCUT2D eigenvalue weighted by molar-refractivity contribution is -0.304. The Kier molecular flexibility index (Phi) is 6.56. The second-order valence-electron chi connectivity index (χ2n) is 9.06. The Balaban J connectivity index is 2.39. The van der Waals surface area contributed by atoms with Crippen LogP contribution in [0.5, 0.6) is 0 Å². The van der Waals surface area contributed by atoms with E-state index in [0.29, 0.717) is 14.9 Å². The van der Waals surface area contributed by atoms with Gasteiger partial charge in [-0.05, 0) is 32.0 Å². The van der Waals surface area contributed by atoms with Crippen LogP contribution in [0.4, 0.5) is 0 Å². The number of nitrogens with zero attached hydrogens (tertiary/aromatic N) is 2. The van der Waals surface area contributed by atoms with Crippen LogP contribution in [-0.4, -0.2) is 48.7 Å². The molecule has 1 saturated heterocycles. The van der Waals surface area contributed by atoms with E-state index in [2.05, 4.69) is 43.2 Å². The molecule has 8 nitrogen and oxygen atoms in total. The van der Waals surface area contributed by atoms with Gasteiger partial charge in [0.2, 0.25) is 0 Å². The van der Waals surface area contributed by atoms with Crippen LogP contribution in [0.3, 0.4) is 0 Å². The maximum absolute atomic E-state index is 12.8. The van der Waals surface area contributed by atoms with Gasteiger partial charge in [-0.3, -0.25) is 0 Å². The number of nitrogens with two attached hydrogens (primary N) is 1. The SMILES string of the molecule is CN=S(N)(=O)c1sc(C2(O)COC(C)(C)OC2)nc1CO[Si](C)(C)C(C)(C)C. The first kappa shape index (κ1) is 23.9. The number of hydrogen-bond donors (Lipinski definition) is 2. The van der Waals surface area contributed by atoms with Crippen LogP contribution in [0.25, 0.3) is 0 Å². The fourth-order valence-electron chi connectivity index (χ4n) is 2.20. The first-order chi connectivity index (χ1) is 12.5. The fraction of sp³-hybridized carbons (Fsp3) is 0.824. The molecule has 162 valence electrons. The Labute approximate surface area is 173 Å². The maximum Gasteiger partial charge on any atom is 0.192 e. The van der Waals surface area contributed by atoms with Crippen molar-refractivity contribution in [2.45, 2.75) is 75.0 Å². The van der Waals surface area contributed by atoms with Crippen molar-refractivity contribution >= 4 is 29.6 Å². The van der Waals surface area contributed by atoms with Gasteiger partial charge in [-0.25, -0.2) is 18.7 Å². The first-order valence-corrected chi connectivity index (χ1v) is 14.4. The third kappa shape index (κ3) is 5.01. The molecule has 0 radical (unpaired) electrons. The van der Waals surface area contributed by atoms with Crippen molar-refractivity contribution < 1.29 is 23.2 Å². The molecule has 3 N–H and O–H groups in total. The lowest BCUT2D eigenvalue weighted by Gasteiger charge is -2.39. The summed E-state index contributed by atoms with van der Waals surface area (Å²) in [6, 6.07) is 0. The Bertz CT molecular complexity index is 828. The van der Waals surface area contributed by atoms with Gasteiger partial charge in [-0.15, -0.1) is 11.3 Å². The highest BCUT2D eigenvalue weighted by atomic mass is 32.2. The minimum atomic E-state index is -3.13. The Morgan fingerprint density at radius 3 is 2.36 bits per heavy atom. The Morgan fingerprint density at radius 1 is 1.36 bits per heavy atom. The topological polar surface area (TPSA) is 116 Å². The summed E-state index contributed by atoms with van der Waals surface area (Å²) in [4.78, 5) is 4.54. The van der Waals surface area contributed by atoms with Crippen molar-refractivity contribution in [2.24, 2.45) is 9.50 Å². The third-order valence-corrected chi connectivity index (χ3v) is 13.1. The van der Waals surface area contributed by atoms with Gasteiger partial charge in [0.1, 0.15) is 19.1 Å². The van der Waals surface area contributed by atoms with E-state index in [0.717, 1.165) is 11.3 Å². The summed E-state index contributed by atoms with van der Waals surface area (Å²) in [5, 5.41) is 17.3. The summed E-state index contributed by atoms with van der Waals surface area (Å²) in [7, 11) is -3.78. The molecule has 0 bridgehead atoms. The lowest BCUT2D eigenvalue weighted by atomic mass is 10.1. The largest absolute Gasteiger partial charge is 0.411 e. The van der Waals surface area contributed by atoms with Gasteiger partial charge < -0.3 is 19.0 Å². The van der Waals surface area contributed by atoms with Gasteiger partial charge in [0, 0.05) is 7.05 Å². The molecule has 28 heavy (non-hydrogen) atoms. The zero-order valence-corrected chi connectivity index (χ0v) is 20.6. The van der Waals surface area contributed by atoms with Crippen LogP contribution in [0.1, 0.15) is 45.3 Å². The molecular weight excluding hydrogens is 418 g/mol. The van der Waals surface area contributed by atoms with E-state index in [1.165, 1.54) is 7.05 Å². The second-order valence-corrected chi connectivity index (χ2v) is 17.0. The van der Waals surface area contributed by atoms with E-state index in [4.69, 9.17) is 19.0 Å². The highest BCUT2D eigenvalue weighted by molar-refractivity contribution is 7.93. The molecule has 1 aliphatic rings. The van der Waals surface area contributed by atoms with E-state index >= 15 is 0 Å². The van der Waals surface area contributed by atoms with Gasteiger partial charge in [-0.2, -0.15) is 0 Å². The molecule has 2 heterocycles. The predicted octanol–water partition coefficient (Wildman–Crippen LogP) is 2.97. The summed E-state index contributed by atoms with van der Waals surface area (Å²) < 4.78 is 34.4. The van der Waals surface area contributed by atoms with Crippen molar-refractivity contribution in [2.75, 3.05) is 20.3 Å². The van der Waals surface area contributed by atoms with Crippen LogP contribution >= 0.6 is 11.3 Å². The van der Waals surface area contributed by atoms with Gasteiger partial charge in [0.25, 0.3) is 0 Å². The van der Waals surface area contributed by atoms with Crippen molar-refractivity contribution in [1.82, 2.24) is 4.98 Å².